The molecule has 5 unspecified atom stereocenters. The molecule has 13 heteroatoms. The van der Waals surface area contributed by atoms with Gasteiger partial charge in [-0.25, -0.2) is 4.79 Å². The number of rotatable bonds is 17. The highest BCUT2D eigenvalue weighted by Gasteiger charge is 2.33. The van der Waals surface area contributed by atoms with E-state index in [1.807, 2.05) is 61.5 Å². The molecule has 2 aromatic carbocycles. The molecule has 3 amide bonds. The van der Waals surface area contributed by atoms with Crippen LogP contribution in [0.5, 0.6) is 0 Å². The molecule has 0 bridgehead atoms. The number of benzene rings is 2. The average Bonchev–Trinajstić information content (AvgIpc) is 3.43. The summed E-state index contributed by atoms with van der Waals surface area (Å²) in [5.41, 5.74) is 19.4. The van der Waals surface area contributed by atoms with Crippen molar-refractivity contribution in [3.8, 4) is 0 Å². The monoisotopic (exact) mass is 620 g/mol. The van der Waals surface area contributed by atoms with E-state index < -0.39 is 47.9 Å². The van der Waals surface area contributed by atoms with Crippen molar-refractivity contribution in [3.63, 3.8) is 0 Å². The molecule has 3 rings (SSSR count). The molecule has 0 aliphatic carbocycles. The third-order valence-electron chi connectivity index (χ3n) is 7.72. The molecule has 0 radical (unpaired) electrons. The van der Waals surface area contributed by atoms with Gasteiger partial charge in [-0.1, -0.05) is 68.8 Å². The Balaban J connectivity index is 1.74. The molecule has 0 saturated carbocycles. The van der Waals surface area contributed by atoms with Crippen LogP contribution in [0, 0.1) is 5.92 Å². The van der Waals surface area contributed by atoms with E-state index in [1.165, 1.54) is 0 Å². The lowest BCUT2D eigenvalue weighted by Crippen LogP contribution is -2.59. The number of nitrogens with one attached hydrogen (secondary N) is 4. The number of nitrogens with two attached hydrogens (primary N) is 3. The number of guanidine groups is 1. The van der Waals surface area contributed by atoms with Crippen molar-refractivity contribution in [1.29, 1.82) is 0 Å². The topological polar surface area (TPSA) is 231 Å². The van der Waals surface area contributed by atoms with Gasteiger partial charge in [-0.3, -0.25) is 19.4 Å². The first-order valence-corrected chi connectivity index (χ1v) is 15.0. The van der Waals surface area contributed by atoms with Crippen molar-refractivity contribution in [2.75, 3.05) is 6.54 Å². The minimum atomic E-state index is -1.24. The first-order valence-electron chi connectivity index (χ1n) is 15.0. The Labute approximate surface area is 262 Å². The summed E-state index contributed by atoms with van der Waals surface area (Å²) < 4.78 is 0. The van der Waals surface area contributed by atoms with Crippen molar-refractivity contribution < 1.29 is 24.3 Å². The fourth-order valence-corrected chi connectivity index (χ4v) is 4.95. The maximum absolute atomic E-state index is 13.6. The number of carbonyl (C=O) groups is 4. The Bertz CT molecular complexity index is 1470. The highest BCUT2D eigenvalue weighted by Crippen LogP contribution is 2.19. The second-order valence-corrected chi connectivity index (χ2v) is 11.1. The third kappa shape index (κ3) is 10.3. The van der Waals surface area contributed by atoms with E-state index in [-0.39, 0.29) is 37.7 Å². The predicted molar refractivity (Wildman–Crippen MR) is 173 cm³/mol. The smallest absolute Gasteiger partial charge is 0.326 e. The van der Waals surface area contributed by atoms with Crippen LogP contribution in [0.3, 0.4) is 0 Å². The molecule has 5 atom stereocenters. The highest BCUT2D eigenvalue weighted by atomic mass is 16.4. The molecule has 1 aromatic heterocycles. The number of fused-ring (bicyclic) bond motifs is 1. The fourth-order valence-electron chi connectivity index (χ4n) is 4.95. The normalized spacial score (nSPS) is 14.4. The van der Waals surface area contributed by atoms with Crippen LogP contribution < -0.4 is 33.2 Å². The lowest BCUT2D eigenvalue weighted by Gasteiger charge is -2.28. The summed E-state index contributed by atoms with van der Waals surface area (Å²) in [5.74, 6) is -3.44. The molecule has 13 nitrogen and oxygen atoms in total. The van der Waals surface area contributed by atoms with Gasteiger partial charge in [0.15, 0.2) is 5.96 Å². The minimum Gasteiger partial charge on any atom is -0.480 e. The largest absolute Gasteiger partial charge is 0.480 e. The van der Waals surface area contributed by atoms with Crippen molar-refractivity contribution in [2.45, 2.75) is 70.1 Å². The van der Waals surface area contributed by atoms with Crippen LogP contribution in [-0.4, -0.2) is 70.5 Å². The Morgan fingerprint density at radius 1 is 0.889 bits per heavy atom. The van der Waals surface area contributed by atoms with Crippen molar-refractivity contribution in [1.82, 2.24) is 20.9 Å². The third-order valence-corrected chi connectivity index (χ3v) is 7.72. The zero-order valence-corrected chi connectivity index (χ0v) is 25.7. The molecule has 0 aliphatic rings. The second-order valence-electron chi connectivity index (χ2n) is 11.1. The zero-order valence-electron chi connectivity index (χ0n) is 25.7. The van der Waals surface area contributed by atoms with E-state index in [9.17, 15) is 24.3 Å². The number of carbonyl (C=O) groups excluding carboxylic acids is 3. The average molecular weight is 621 g/mol. The number of carboxylic acid groups (broad SMARTS) is 1. The Morgan fingerprint density at radius 2 is 1.56 bits per heavy atom. The van der Waals surface area contributed by atoms with E-state index >= 15 is 0 Å². The first kappa shape index (κ1) is 34.6. The van der Waals surface area contributed by atoms with E-state index in [4.69, 9.17) is 17.2 Å². The maximum atomic E-state index is 13.6. The van der Waals surface area contributed by atoms with Gasteiger partial charge in [0.1, 0.15) is 18.1 Å². The van der Waals surface area contributed by atoms with Gasteiger partial charge in [0, 0.05) is 30.1 Å². The molecular formula is C32H44N8O5. The van der Waals surface area contributed by atoms with E-state index in [0.717, 1.165) is 22.0 Å². The van der Waals surface area contributed by atoms with Gasteiger partial charge in [0.25, 0.3) is 0 Å². The summed E-state index contributed by atoms with van der Waals surface area (Å²) >= 11 is 0. The van der Waals surface area contributed by atoms with Crippen LogP contribution in [0.15, 0.2) is 65.8 Å². The summed E-state index contributed by atoms with van der Waals surface area (Å²) in [4.78, 5) is 59.4. The molecule has 0 aliphatic heterocycles. The molecule has 0 fully saturated rings. The lowest BCUT2D eigenvalue weighted by molar-refractivity contribution is -0.142. The molecule has 1 heterocycles. The number of aliphatic imine (C=N–C) groups is 1. The van der Waals surface area contributed by atoms with Gasteiger partial charge in [-0.15, -0.1) is 0 Å². The van der Waals surface area contributed by atoms with E-state index in [2.05, 4.69) is 25.9 Å². The summed E-state index contributed by atoms with van der Waals surface area (Å²) in [7, 11) is 0. The molecule has 0 saturated heterocycles. The molecule has 242 valence electrons. The van der Waals surface area contributed by atoms with Crippen LogP contribution in [0.25, 0.3) is 10.9 Å². The number of H-pyrrole nitrogens is 1. The van der Waals surface area contributed by atoms with Gasteiger partial charge in [-0.2, -0.15) is 0 Å². The quantitative estimate of drug-likeness (QED) is 0.0613. The molecular weight excluding hydrogens is 576 g/mol. The van der Waals surface area contributed by atoms with E-state index in [0.29, 0.717) is 12.8 Å². The Morgan fingerprint density at radius 3 is 2.22 bits per heavy atom. The maximum Gasteiger partial charge on any atom is 0.326 e. The lowest BCUT2D eigenvalue weighted by atomic mass is 9.96. The number of aliphatic carboxylic acids is 1. The minimum absolute atomic E-state index is 0.0367. The predicted octanol–water partition coefficient (Wildman–Crippen LogP) is 0.919. The summed E-state index contributed by atoms with van der Waals surface area (Å²) in [6.07, 6.45) is 3.06. The number of nitrogens with zero attached hydrogens (tertiary/aromatic N) is 1. The Hall–Kier alpha value is -4.91. The number of carboxylic acids is 1. The molecule has 0 spiro atoms. The fraction of sp³-hybridized carbons (Fsp3) is 0.406. The number of hydrogen-bond donors (Lipinski definition) is 8. The van der Waals surface area contributed by atoms with Gasteiger partial charge in [0.2, 0.25) is 17.7 Å². The second kappa shape index (κ2) is 16.8. The molecule has 45 heavy (non-hydrogen) atoms. The first-order chi connectivity index (χ1) is 21.5. The van der Waals surface area contributed by atoms with Gasteiger partial charge in [-0.05, 0) is 42.4 Å². The van der Waals surface area contributed by atoms with Crippen LogP contribution in [-0.2, 0) is 32.0 Å². The number of para-hydroxylation sites is 1. The number of aromatic amines is 1. The van der Waals surface area contributed by atoms with Crippen molar-refractivity contribution >= 4 is 40.6 Å². The molecule has 3 aromatic rings. The van der Waals surface area contributed by atoms with Crippen molar-refractivity contribution in [2.24, 2.45) is 28.1 Å². The van der Waals surface area contributed by atoms with Crippen LogP contribution in [0.1, 0.15) is 44.2 Å². The van der Waals surface area contributed by atoms with Gasteiger partial charge >= 0.3 is 5.97 Å². The number of amides is 3. The zero-order chi connectivity index (χ0) is 32.9. The number of aromatic nitrogens is 1. The van der Waals surface area contributed by atoms with E-state index in [1.54, 1.807) is 13.1 Å². The summed E-state index contributed by atoms with van der Waals surface area (Å²) in [6, 6.07) is 12.4. The molecule has 11 N–H and O–H groups in total. The van der Waals surface area contributed by atoms with Crippen molar-refractivity contribution in [3.05, 3.63) is 71.9 Å². The standard InChI is InChI=1S/C32H44N8O5/c1-3-19(2)27(30(43)39-26(31(44)45)17-21-18-37-24-13-8-7-12-22(21)24)40-29(42)25(14-9-15-36-32(34)35)38-28(41)23(33)16-20-10-5-4-6-11-20/h4-8,10-13,18-19,23,25-27,37H,3,9,14-17,33H2,1-2H3,(H,38,41)(H,39,43)(H,40,42)(H,44,45)(H4,34,35,36). The van der Waals surface area contributed by atoms with Crippen LogP contribution in [0.4, 0.5) is 0 Å². The Kier molecular flexibility index (Phi) is 12.9. The van der Waals surface area contributed by atoms with Crippen LogP contribution >= 0.6 is 0 Å². The van der Waals surface area contributed by atoms with Gasteiger partial charge in [0.05, 0.1) is 6.04 Å². The summed E-state index contributed by atoms with van der Waals surface area (Å²) in [5, 5.41) is 18.9. The number of hydrogen-bond acceptors (Lipinski definition) is 6. The van der Waals surface area contributed by atoms with Gasteiger partial charge < -0.3 is 43.2 Å². The van der Waals surface area contributed by atoms with Crippen LogP contribution in [0.2, 0.25) is 0 Å². The highest BCUT2D eigenvalue weighted by molar-refractivity contribution is 5.94. The summed E-state index contributed by atoms with van der Waals surface area (Å²) in [6.45, 7) is 3.86. The SMILES string of the molecule is CCC(C)C(NC(=O)C(CCCN=C(N)N)NC(=O)C(N)Cc1ccccc1)C(=O)NC(Cc1c[nH]c2ccccc12)C(=O)O.